The molecule has 8 heteroatoms. The van der Waals surface area contributed by atoms with Gasteiger partial charge < -0.3 is 15.5 Å². The van der Waals surface area contributed by atoms with Gasteiger partial charge in [-0.2, -0.15) is 0 Å². The van der Waals surface area contributed by atoms with Crippen molar-refractivity contribution in [3.8, 4) is 22.4 Å². The first kappa shape index (κ1) is 24.7. The molecule has 1 aromatic carbocycles. The molecule has 2 aliphatic heterocycles. The molecule has 0 unspecified atom stereocenters. The summed E-state index contributed by atoms with van der Waals surface area (Å²) in [6.07, 6.45) is 10.0. The smallest absolute Gasteiger partial charge is 0.255 e. The van der Waals surface area contributed by atoms with Crippen LogP contribution in [0.1, 0.15) is 55.1 Å². The highest BCUT2D eigenvalue weighted by molar-refractivity contribution is 6.34. The molecule has 7 nitrogen and oxygen atoms in total. The summed E-state index contributed by atoms with van der Waals surface area (Å²) in [5, 5.41) is 0.439. The zero-order valence-corrected chi connectivity index (χ0v) is 21.5. The van der Waals surface area contributed by atoms with Crippen molar-refractivity contribution in [2.24, 2.45) is 0 Å². The second-order valence-electron chi connectivity index (χ2n) is 9.68. The number of rotatable bonds is 5. The lowest BCUT2D eigenvalue weighted by molar-refractivity contribution is 0.0590. The number of anilines is 1. The third kappa shape index (κ3) is 5.08. The van der Waals surface area contributed by atoms with E-state index in [4.69, 9.17) is 17.3 Å². The molecule has 0 aliphatic carbocycles. The number of nitrogens with two attached hydrogens (primary N) is 1. The molecule has 4 heterocycles. The zero-order chi connectivity index (χ0) is 25.1. The summed E-state index contributed by atoms with van der Waals surface area (Å²) in [6, 6.07) is 9.89. The molecule has 0 bridgehead atoms. The van der Waals surface area contributed by atoms with Crippen LogP contribution in [-0.2, 0) is 6.42 Å². The fourth-order valence-corrected chi connectivity index (χ4v) is 5.75. The first-order chi connectivity index (χ1) is 17.5. The van der Waals surface area contributed by atoms with Crippen molar-refractivity contribution < 1.29 is 4.79 Å². The number of aromatic nitrogens is 3. The zero-order valence-electron chi connectivity index (χ0n) is 20.8. The van der Waals surface area contributed by atoms with Gasteiger partial charge in [-0.15, -0.1) is 0 Å². The number of halogens is 1. The molecule has 0 atom stereocenters. The topological polar surface area (TPSA) is 88.2 Å². The van der Waals surface area contributed by atoms with E-state index in [9.17, 15) is 4.79 Å². The van der Waals surface area contributed by atoms with Crippen molar-refractivity contribution in [3.05, 3.63) is 59.1 Å². The average molecular weight is 505 g/mol. The number of pyridine rings is 1. The first-order valence-corrected chi connectivity index (χ1v) is 13.3. The molecule has 188 valence electrons. The lowest BCUT2D eigenvalue weighted by Gasteiger charge is -2.40. The number of aryl methyl sites for hydroxylation is 1. The summed E-state index contributed by atoms with van der Waals surface area (Å²) < 4.78 is 0. The van der Waals surface area contributed by atoms with Gasteiger partial charge in [-0.05, 0) is 69.5 Å². The Hall–Kier alpha value is -3.03. The van der Waals surface area contributed by atoms with Gasteiger partial charge in [0.1, 0.15) is 12.1 Å². The van der Waals surface area contributed by atoms with Gasteiger partial charge >= 0.3 is 0 Å². The Morgan fingerprint density at radius 1 is 1.00 bits per heavy atom. The highest BCUT2D eigenvalue weighted by Gasteiger charge is 2.29. The average Bonchev–Trinajstić information content (AvgIpc) is 2.93. The van der Waals surface area contributed by atoms with Crippen LogP contribution < -0.4 is 5.73 Å². The van der Waals surface area contributed by atoms with E-state index in [1.54, 1.807) is 18.6 Å². The van der Waals surface area contributed by atoms with E-state index in [1.165, 1.54) is 32.4 Å². The van der Waals surface area contributed by atoms with E-state index >= 15 is 0 Å². The Balaban J connectivity index is 1.36. The number of hydrogen-bond acceptors (Lipinski definition) is 6. The molecule has 0 spiro atoms. The SMILES string of the molecule is CCc1ncnc(-c2ccc(C(=O)N3CCC(N4CCCCC4)CC3)c(Cl)c2)c1-c1ccc(N)nc1. The molecule has 2 aliphatic rings. The molecule has 1 amide bonds. The summed E-state index contributed by atoms with van der Waals surface area (Å²) in [7, 11) is 0. The Kier molecular flexibility index (Phi) is 7.48. The standard InChI is InChI=1S/C28H33ClN6O/c1-2-24-26(20-7-9-25(30)31-17-20)27(33-18-32-24)19-6-8-22(23(29)16-19)28(36)35-14-10-21(11-15-35)34-12-4-3-5-13-34/h6-9,16-18,21H,2-5,10-15H2,1H3,(H2,30,31). The van der Waals surface area contributed by atoms with Gasteiger partial charge in [0.25, 0.3) is 5.91 Å². The third-order valence-electron chi connectivity index (χ3n) is 7.47. The highest BCUT2D eigenvalue weighted by Crippen LogP contribution is 2.35. The predicted molar refractivity (Wildman–Crippen MR) is 144 cm³/mol. The van der Waals surface area contributed by atoms with Gasteiger partial charge in [-0.3, -0.25) is 4.79 Å². The quantitative estimate of drug-likeness (QED) is 0.520. The molecule has 0 radical (unpaired) electrons. The Bertz CT molecular complexity index is 1220. The number of benzene rings is 1. The third-order valence-corrected chi connectivity index (χ3v) is 7.78. The number of piperidine rings is 2. The van der Waals surface area contributed by atoms with Crippen molar-refractivity contribution in [2.45, 2.75) is 51.5 Å². The van der Waals surface area contributed by atoms with E-state index < -0.39 is 0 Å². The number of nitrogens with zero attached hydrogens (tertiary/aromatic N) is 5. The van der Waals surface area contributed by atoms with Crippen molar-refractivity contribution >= 4 is 23.3 Å². The molecule has 2 saturated heterocycles. The Morgan fingerprint density at radius 2 is 1.75 bits per heavy atom. The molecule has 2 N–H and O–H groups in total. The maximum absolute atomic E-state index is 13.4. The largest absolute Gasteiger partial charge is 0.384 e. The van der Waals surface area contributed by atoms with Crippen LogP contribution in [0.25, 0.3) is 22.4 Å². The second-order valence-corrected chi connectivity index (χ2v) is 10.1. The van der Waals surface area contributed by atoms with Crippen LogP contribution in [0.15, 0.2) is 42.9 Å². The number of likely N-dealkylation sites (tertiary alicyclic amines) is 2. The number of amides is 1. The summed E-state index contributed by atoms with van der Waals surface area (Å²) >= 11 is 6.71. The predicted octanol–water partition coefficient (Wildman–Crippen LogP) is 5.09. The fourth-order valence-electron chi connectivity index (χ4n) is 5.49. The molecular weight excluding hydrogens is 472 g/mol. The van der Waals surface area contributed by atoms with Gasteiger partial charge in [0.2, 0.25) is 0 Å². The molecule has 36 heavy (non-hydrogen) atoms. The van der Waals surface area contributed by atoms with Crippen LogP contribution in [0, 0.1) is 0 Å². The second kappa shape index (κ2) is 10.9. The minimum atomic E-state index is 0.00327. The van der Waals surface area contributed by atoms with E-state index in [2.05, 4.69) is 26.8 Å². The number of hydrogen-bond donors (Lipinski definition) is 1. The van der Waals surface area contributed by atoms with Crippen LogP contribution >= 0.6 is 11.6 Å². The summed E-state index contributed by atoms with van der Waals surface area (Å²) in [4.78, 5) is 31.2. The summed E-state index contributed by atoms with van der Waals surface area (Å²) in [5.41, 5.74) is 10.6. The van der Waals surface area contributed by atoms with Crippen molar-refractivity contribution in [1.29, 1.82) is 0 Å². The van der Waals surface area contributed by atoms with Crippen LogP contribution in [0.2, 0.25) is 5.02 Å². The number of nitrogen functional groups attached to an aromatic ring is 1. The van der Waals surface area contributed by atoms with Crippen LogP contribution in [0.3, 0.4) is 0 Å². The fraction of sp³-hybridized carbons (Fsp3) is 0.429. The van der Waals surface area contributed by atoms with E-state index in [0.29, 0.717) is 22.4 Å². The van der Waals surface area contributed by atoms with Gasteiger partial charge in [0, 0.05) is 42.0 Å². The van der Waals surface area contributed by atoms with Crippen LogP contribution in [0.5, 0.6) is 0 Å². The lowest BCUT2D eigenvalue weighted by atomic mass is 9.96. The normalized spacial score (nSPS) is 17.3. The number of carbonyl (C=O) groups is 1. The Morgan fingerprint density at radius 3 is 2.42 bits per heavy atom. The Labute approximate surface area is 217 Å². The van der Waals surface area contributed by atoms with Crippen LogP contribution in [-0.4, -0.2) is 62.9 Å². The lowest BCUT2D eigenvalue weighted by Crippen LogP contribution is -2.48. The monoisotopic (exact) mass is 504 g/mol. The van der Waals surface area contributed by atoms with Crippen molar-refractivity contribution in [2.75, 3.05) is 31.9 Å². The highest BCUT2D eigenvalue weighted by atomic mass is 35.5. The summed E-state index contributed by atoms with van der Waals surface area (Å²) in [5.74, 6) is 0.463. The minimum absolute atomic E-state index is 0.00327. The van der Waals surface area contributed by atoms with Gasteiger partial charge in [-0.25, -0.2) is 15.0 Å². The molecule has 3 aromatic rings. The molecular formula is C28H33ClN6O. The van der Waals surface area contributed by atoms with Gasteiger partial charge in [0.15, 0.2) is 0 Å². The molecule has 2 aromatic heterocycles. The van der Waals surface area contributed by atoms with E-state index in [0.717, 1.165) is 60.4 Å². The van der Waals surface area contributed by atoms with Crippen molar-refractivity contribution in [3.63, 3.8) is 0 Å². The first-order valence-electron chi connectivity index (χ1n) is 12.9. The van der Waals surface area contributed by atoms with Crippen molar-refractivity contribution in [1.82, 2.24) is 24.8 Å². The van der Waals surface area contributed by atoms with E-state index in [-0.39, 0.29) is 5.91 Å². The maximum Gasteiger partial charge on any atom is 0.255 e. The van der Waals surface area contributed by atoms with Gasteiger partial charge in [0.05, 0.1) is 22.0 Å². The van der Waals surface area contributed by atoms with Crippen LogP contribution in [0.4, 0.5) is 5.82 Å². The van der Waals surface area contributed by atoms with E-state index in [1.807, 2.05) is 29.2 Å². The molecule has 2 fully saturated rings. The van der Waals surface area contributed by atoms with Gasteiger partial charge in [-0.1, -0.05) is 31.0 Å². The maximum atomic E-state index is 13.4. The summed E-state index contributed by atoms with van der Waals surface area (Å²) in [6.45, 7) is 6.01. The molecule has 5 rings (SSSR count). The number of carbonyl (C=O) groups excluding carboxylic acids is 1. The minimum Gasteiger partial charge on any atom is -0.384 e. The molecule has 0 saturated carbocycles.